The van der Waals surface area contributed by atoms with Crippen molar-refractivity contribution < 1.29 is 4.79 Å². The Balaban J connectivity index is 2.10. The highest BCUT2D eigenvalue weighted by atomic mass is 16.1. The second-order valence-corrected chi connectivity index (χ2v) is 3.99. The summed E-state index contributed by atoms with van der Waals surface area (Å²) in [6.07, 6.45) is 2.97. The summed E-state index contributed by atoms with van der Waals surface area (Å²) in [6.45, 7) is 0. The molecule has 0 aliphatic carbocycles. The Morgan fingerprint density at radius 1 is 1.17 bits per heavy atom. The molecule has 0 radical (unpaired) electrons. The molecule has 1 heterocycles. The van der Waals surface area contributed by atoms with Crippen LogP contribution in [-0.2, 0) is 0 Å². The smallest absolute Gasteiger partial charge is 0.256 e. The third-order valence-electron chi connectivity index (χ3n) is 2.47. The molecule has 5 heteroatoms. The Hall–Kier alpha value is -2.43. The van der Waals surface area contributed by atoms with E-state index in [1.165, 1.54) is 6.33 Å². The van der Waals surface area contributed by atoms with E-state index in [1.807, 2.05) is 31.1 Å². The van der Waals surface area contributed by atoms with Crippen molar-refractivity contribution in [2.75, 3.05) is 24.3 Å². The van der Waals surface area contributed by atoms with Crippen LogP contribution in [0.3, 0.4) is 0 Å². The molecule has 2 aromatic rings. The lowest BCUT2D eigenvalue weighted by Crippen LogP contribution is -2.13. The first-order chi connectivity index (χ1) is 8.66. The van der Waals surface area contributed by atoms with Crippen molar-refractivity contribution in [3.8, 4) is 0 Å². The van der Waals surface area contributed by atoms with Gasteiger partial charge in [0.05, 0.1) is 0 Å². The summed E-state index contributed by atoms with van der Waals surface area (Å²) in [5.41, 5.74) is 1.65. The van der Waals surface area contributed by atoms with Gasteiger partial charge in [-0.2, -0.15) is 0 Å². The minimum atomic E-state index is -0.181. The molecule has 0 saturated carbocycles. The van der Waals surface area contributed by atoms with Crippen LogP contribution in [0, 0.1) is 0 Å². The van der Waals surface area contributed by atoms with Crippen molar-refractivity contribution in [3.63, 3.8) is 0 Å². The molecule has 0 aliphatic rings. The number of carbonyl (C=O) groups is 1. The average molecular weight is 242 g/mol. The Kier molecular flexibility index (Phi) is 3.52. The Morgan fingerprint density at radius 3 is 2.44 bits per heavy atom. The largest absolute Gasteiger partial charge is 0.378 e. The summed E-state index contributed by atoms with van der Waals surface area (Å²) in [7, 11) is 3.91. The maximum absolute atomic E-state index is 11.9. The highest BCUT2D eigenvalue weighted by Crippen LogP contribution is 2.13. The average Bonchev–Trinajstić information content (AvgIpc) is 2.40. The maximum atomic E-state index is 11.9. The number of carbonyl (C=O) groups excluding carboxylic acids is 1. The highest BCUT2D eigenvalue weighted by molar-refractivity contribution is 6.03. The predicted octanol–water partition coefficient (Wildman–Crippen LogP) is 1.79. The first kappa shape index (κ1) is 12.0. The lowest BCUT2D eigenvalue weighted by molar-refractivity contribution is 0.102. The van der Waals surface area contributed by atoms with Crippen LogP contribution in [0.25, 0.3) is 0 Å². The Bertz CT molecular complexity index is 522. The van der Waals surface area contributed by atoms with E-state index in [2.05, 4.69) is 15.3 Å². The quantitative estimate of drug-likeness (QED) is 0.891. The molecule has 0 bridgehead atoms. The van der Waals surface area contributed by atoms with Gasteiger partial charge in [0.25, 0.3) is 5.91 Å². The third-order valence-corrected chi connectivity index (χ3v) is 2.47. The molecule has 1 amide bonds. The molecular formula is C13H14N4O. The van der Waals surface area contributed by atoms with Crippen molar-refractivity contribution >= 4 is 17.4 Å². The van der Waals surface area contributed by atoms with Crippen molar-refractivity contribution in [2.45, 2.75) is 0 Å². The fourth-order valence-corrected chi connectivity index (χ4v) is 1.46. The number of hydrogen-bond acceptors (Lipinski definition) is 4. The first-order valence-corrected chi connectivity index (χ1v) is 5.51. The molecule has 92 valence electrons. The van der Waals surface area contributed by atoms with Crippen LogP contribution < -0.4 is 10.2 Å². The van der Waals surface area contributed by atoms with Gasteiger partial charge in [0.1, 0.15) is 12.1 Å². The van der Waals surface area contributed by atoms with E-state index < -0.39 is 0 Å². The summed E-state index contributed by atoms with van der Waals surface area (Å²) >= 11 is 0. The molecule has 2 rings (SSSR count). The van der Waals surface area contributed by atoms with Crippen molar-refractivity contribution in [1.29, 1.82) is 0 Å². The zero-order valence-corrected chi connectivity index (χ0v) is 10.3. The van der Waals surface area contributed by atoms with Crippen LogP contribution in [0.15, 0.2) is 42.9 Å². The van der Waals surface area contributed by atoms with Crippen LogP contribution in [0.4, 0.5) is 11.5 Å². The second-order valence-electron chi connectivity index (χ2n) is 3.99. The second kappa shape index (κ2) is 5.27. The van der Waals surface area contributed by atoms with Gasteiger partial charge in [-0.25, -0.2) is 9.97 Å². The number of aromatic nitrogens is 2. The highest BCUT2D eigenvalue weighted by Gasteiger charge is 2.06. The van der Waals surface area contributed by atoms with Crippen LogP contribution in [0.1, 0.15) is 10.4 Å². The number of nitrogens with one attached hydrogen (secondary N) is 1. The van der Waals surface area contributed by atoms with E-state index in [0.29, 0.717) is 11.4 Å². The molecule has 0 atom stereocenters. The minimum absolute atomic E-state index is 0.181. The SMILES string of the molecule is CN(C)c1ccc(C(=O)Nc2ccncn2)cc1. The van der Waals surface area contributed by atoms with E-state index in [-0.39, 0.29) is 5.91 Å². The van der Waals surface area contributed by atoms with Crippen LogP contribution >= 0.6 is 0 Å². The third kappa shape index (κ3) is 2.82. The Morgan fingerprint density at radius 2 is 1.89 bits per heavy atom. The molecule has 0 saturated heterocycles. The Labute approximate surface area is 105 Å². The molecule has 1 N–H and O–H groups in total. The van der Waals surface area contributed by atoms with Gasteiger partial charge in [0.2, 0.25) is 0 Å². The summed E-state index contributed by atoms with van der Waals surface area (Å²) < 4.78 is 0. The van der Waals surface area contributed by atoms with Gasteiger partial charge in [0.15, 0.2) is 0 Å². The molecule has 0 spiro atoms. The van der Waals surface area contributed by atoms with E-state index in [0.717, 1.165) is 5.69 Å². The first-order valence-electron chi connectivity index (χ1n) is 5.51. The summed E-state index contributed by atoms with van der Waals surface area (Å²) in [4.78, 5) is 21.6. The van der Waals surface area contributed by atoms with Crippen LogP contribution in [0.5, 0.6) is 0 Å². The molecule has 18 heavy (non-hydrogen) atoms. The molecule has 0 unspecified atom stereocenters. The number of nitrogens with zero attached hydrogens (tertiary/aromatic N) is 3. The topological polar surface area (TPSA) is 58.1 Å². The number of rotatable bonds is 3. The number of anilines is 2. The van der Waals surface area contributed by atoms with Crippen molar-refractivity contribution in [3.05, 3.63) is 48.4 Å². The number of benzene rings is 1. The fraction of sp³-hybridized carbons (Fsp3) is 0.154. The van der Waals surface area contributed by atoms with Gasteiger partial charge >= 0.3 is 0 Å². The molecule has 0 aliphatic heterocycles. The van der Waals surface area contributed by atoms with Gasteiger partial charge in [0, 0.05) is 31.5 Å². The van der Waals surface area contributed by atoms with Gasteiger partial charge in [-0.05, 0) is 30.3 Å². The molecule has 1 aromatic carbocycles. The summed E-state index contributed by atoms with van der Waals surface area (Å²) in [5.74, 6) is 0.311. The number of amides is 1. The van der Waals surface area contributed by atoms with E-state index in [1.54, 1.807) is 24.4 Å². The van der Waals surface area contributed by atoms with E-state index in [9.17, 15) is 4.79 Å². The van der Waals surface area contributed by atoms with E-state index in [4.69, 9.17) is 0 Å². The monoisotopic (exact) mass is 242 g/mol. The fourth-order valence-electron chi connectivity index (χ4n) is 1.46. The van der Waals surface area contributed by atoms with Gasteiger partial charge in [-0.3, -0.25) is 4.79 Å². The molecular weight excluding hydrogens is 228 g/mol. The van der Waals surface area contributed by atoms with E-state index >= 15 is 0 Å². The van der Waals surface area contributed by atoms with Gasteiger partial charge in [-0.15, -0.1) is 0 Å². The van der Waals surface area contributed by atoms with Crippen molar-refractivity contribution in [1.82, 2.24) is 9.97 Å². The maximum Gasteiger partial charge on any atom is 0.256 e. The summed E-state index contributed by atoms with van der Waals surface area (Å²) in [6, 6.07) is 9.01. The molecule has 5 nitrogen and oxygen atoms in total. The standard InChI is InChI=1S/C13H14N4O/c1-17(2)11-5-3-10(4-6-11)13(18)16-12-7-8-14-9-15-12/h3-9H,1-2H3,(H,14,15,16,18). The van der Waals surface area contributed by atoms with Crippen LogP contribution in [0.2, 0.25) is 0 Å². The normalized spacial score (nSPS) is 9.89. The predicted molar refractivity (Wildman–Crippen MR) is 70.8 cm³/mol. The van der Waals surface area contributed by atoms with Gasteiger partial charge < -0.3 is 10.2 Å². The molecule has 0 fully saturated rings. The summed E-state index contributed by atoms with van der Waals surface area (Å²) in [5, 5.41) is 2.70. The lowest BCUT2D eigenvalue weighted by Gasteiger charge is -2.12. The minimum Gasteiger partial charge on any atom is -0.378 e. The zero-order chi connectivity index (χ0) is 13.0. The molecule has 1 aromatic heterocycles. The van der Waals surface area contributed by atoms with Gasteiger partial charge in [-0.1, -0.05) is 0 Å². The van der Waals surface area contributed by atoms with Crippen molar-refractivity contribution in [2.24, 2.45) is 0 Å². The number of hydrogen-bond donors (Lipinski definition) is 1. The lowest BCUT2D eigenvalue weighted by atomic mass is 10.2. The van der Waals surface area contributed by atoms with Crippen LogP contribution in [-0.4, -0.2) is 30.0 Å². The zero-order valence-electron chi connectivity index (χ0n) is 10.3.